The number of piperidine rings is 1. The van der Waals surface area contributed by atoms with E-state index in [4.69, 9.17) is 0 Å². The van der Waals surface area contributed by atoms with Crippen LogP contribution in [0.3, 0.4) is 0 Å². The zero-order chi connectivity index (χ0) is 14.7. The minimum Gasteiger partial charge on any atom is -0.317 e. The van der Waals surface area contributed by atoms with E-state index in [1.165, 1.54) is 5.39 Å². The van der Waals surface area contributed by atoms with Gasteiger partial charge in [0.1, 0.15) is 0 Å². The second kappa shape index (κ2) is 5.98. The molecule has 2 nitrogen and oxygen atoms in total. The molecule has 110 valence electrons. The van der Waals surface area contributed by atoms with Crippen molar-refractivity contribution in [3.63, 3.8) is 0 Å². The molecule has 0 unspecified atom stereocenters. The third-order valence-electron chi connectivity index (χ3n) is 4.78. The van der Waals surface area contributed by atoms with E-state index in [1.807, 2.05) is 18.2 Å². The summed E-state index contributed by atoms with van der Waals surface area (Å²) < 4.78 is 0. The second-order valence-corrected chi connectivity index (χ2v) is 6.17. The largest absolute Gasteiger partial charge is 0.317 e. The van der Waals surface area contributed by atoms with E-state index in [0.29, 0.717) is 5.78 Å². The molecule has 1 fully saturated rings. The molecule has 0 radical (unpaired) electrons. The molecule has 1 aliphatic heterocycles. The first-order valence-electron chi connectivity index (χ1n) is 7.99. The Morgan fingerprint density at radius 1 is 1.10 bits per heavy atom. The molecule has 2 aromatic carbocycles. The van der Waals surface area contributed by atoms with Crippen molar-refractivity contribution in [3.05, 3.63) is 48.0 Å². The van der Waals surface area contributed by atoms with Crippen LogP contribution in [0, 0.1) is 5.41 Å². The highest BCUT2D eigenvalue weighted by atomic mass is 16.1. The number of nitrogens with one attached hydrogen (secondary N) is 1. The predicted molar refractivity (Wildman–Crippen MR) is 87.7 cm³/mol. The Morgan fingerprint density at radius 2 is 1.81 bits per heavy atom. The van der Waals surface area contributed by atoms with Crippen LogP contribution in [0.1, 0.15) is 43.0 Å². The van der Waals surface area contributed by atoms with Gasteiger partial charge < -0.3 is 5.32 Å². The van der Waals surface area contributed by atoms with Crippen LogP contribution in [0.4, 0.5) is 0 Å². The molecule has 1 saturated heterocycles. The summed E-state index contributed by atoms with van der Waals surface area (Å²) >= 11 is 0. The van der Waals surface area contributed by atoms with Crippen molar-refractivity contribution in [1.82, 2.24) is 5.32 Å². The number of hydrogen-bond acceptors (Lipinski definition) is 2. The van der Waals surface area contributed by atoms with Gasteiger partial charge in [0.25, 0.3) is 0 Å². The molecule has 3 rings (SSSR count). The van der Waals surface area contributed by atoms with Crippen LogP contribution < -0.4 is 5.32 Å². The molecule has 1 heterocycles. The maximum atomic E-state index is 13.1. The van der Waals surface area contributed by atoms with Gasteiger partial charge in [-0.1, -0.05) is 49.7 Å². The van der Waals surface area contributed by atoms with Crippen LogP contribution >= 0.6 is 0 Å². The lowest BCUT2D eigenvalue weighted by atomic mass is 9.70. The number of rotatable bonds is 4. The van der Waals surface area contributed by atoms with Crippen molar-refractivity contribution in [2.45, 2.75) is 32.6 Å². The molecule has 0 atom stereocenters. The monoisotopic (exact) mass is 281 g/mol. The summed E-state index contributed by atoms with van der Waals surface area (Å²) in [5.74, 6) is 0.344. The van der Waals surface area contributed by atoms with Gasteiger partial charge in [-0.15, -0.1) is 0 Å². The highest BCUT2D eigenvalue weighted by molar-refractivity contribution is 6.03. The number of fused-ring (bicyclic) bond motifs is 1. The molecule has 2 heteroatoms. The molecular weight excluding hydrogens is 258 g/mol. The van der Waals surface area contributed by atoms with Gasteiger partial charge in [0.2, 0.25) is 0 Å². The first-order valence-corrected chi connectivity index (χ1v) is 7.99. The number of hydrogen-bond donors (Lipinski definition) is 1. The third kappa shape index (κ3) is 2.73. The summed E-state index contributed by atoms with van der Waals surface area (Å²) in [6, 6.07) is 14.4. The molecule has 0 bridgehead atoms. The molecule has 0 aliphatic carbocycles. The van der Waals surface area contributed by atoms with Gasteiger partial charge in [-0.3, -0.25) is 4.79 Å². The minimum atomic E-state index is -0.150. The summed E-state index contributed by atoms with van der Waals surface area (Å²) in [5, 5.41) is 5.74. The minimum absolute atomic E-state index is 0.150. The molecule has 0 aromatic heterocycles. The standard InChI is InChI=1S/C19H23NO/c1-2-9-19(10-12-20-13-11-19)18(21)17-8-7-15-5-3-4-6-16(15)14-17/h3-8,14,20H,2,9-13H2,1H3. The van der Waals surface area contributed by atoms with Crippen LogP contribution in [0.15, 0.2) is 42.5 Å². The molecule has 21 heavy (non-hydrogen) atoms. The molecule has 1 aliphatic rings. The molecule has 1 N–H and O–H groups in total. The molecule has 0 spiro atoms. The Morgan fingerprint density at radius 3 is 2.52 bits per heavy atom. The lowest BCUT2D eigenvalue weighted by molar-refractivity contribution is 0.0704. The van der Waals surface area contributed by atoms with Crippen molar-refractivity contribution in [1.29, 1.82) is 0 Å². The van der Waals surface area contributed by atoms with Gasteiger partial charge in [-0.05, 0) is 49.2 Å². The van der Waals surface area contributed by atoms with Crippen LogP contribution in [-0.4, -0.2) is 18.9 Å². The molecule has 0 saturated carbocycles. The van der Waals surface area contributed by atoms with Gasteiger partial charge in [0.15, 0.2) is 5.78 Å². The van der Waals surface area contributed by atoms with Crippen molar-refractivity contribution >= 4 is 16.6 Å². The van der Waals surface area contributed by atoms with Crippen LogP contribution in [-0.2, 0) is 0 Å². The summed E-state index contributed by atoms with van der Waals surface area (Å²) in [5.41, 5.74) is 0.728. The maximum Gasteiger partial charge on any atom is 0.169 e. The number of ketones is 1. The fraction of sp³-hybridized carbons (Fsp3) is 0.421. The van der Waals surface area contributed by atoms with E-state index in [-0.39, 0.29) is 5.41 Å². The number of carbonyl (C=O) groups excluding carboxylic acids is 1. The Balaban J connectivity index is 1.97. The topological polar surface area (TPSA) is 29.1 Å². The zero-order valence-electron chi connectivity index (χ0n) is 12.7. The highest BCUT2D eigenvalue weighted by Crippen LogP contribution is 2.38. The highest BCUT2D eigenvalue weighted by Gasteiger charge is 2.38. The smallest absolute Gasteiger partial charge is 0.169 e. The average Bonchev–Trinajstić information content (AvgIpc) is 2.55. The van der Waals surface area contributed by atoms with Crippen LogP contribution in [0.5, 0.6) is 0 Å². The van der Waals surface area contributed by atoms with E-state index in [1.54, 1.807) is 0 Å². The van der Waals surface area contributed by atoms with E-state index in [2.05, 4.69) is 36.5 Å². The van der Waals surface area contributed by atoms with Crippen molar-refractivity contribution < 1.29 is 4.79 Å². The zero-order valence-corrected chi connectivity index (χ0v) is 12.7. The molecule has 2 aromatic rings. The van der Waals surface area contributed by atoms with E-state index in [9.17, 15) is 4.79 Å². The maximum absolute atomic E-state index is 13.1. The Kier molecular flexibility index (Phi) is 4.07. The average molecular weight is 281 g/mol. The van der Waals surface area contributed by atoms with Crippen LogP contribution in [0.25, 0.3) is 10.8 Å². The Hall–Kier alpha value is -1.67. The summed E-state index contributed by atoms with van der Waals surface area (Å²) in [6.45, 7) is 4.09. The summed E-state index contributed by atoms with van der Waals surface area (Å²) in [4.78, 5) is 13.1. The molecular formula is C19H23NO. The summed E-state index contributed by atoms with van der Waals surface area (Å²) in [6.07, 6.45) is 4.00. The van der Waals surface area contributed by atoms with Gasteiger partial charge in [-0.2, -0.15) is 0 Å². The van der Waals surface area contributed by atoms with E-state index < -0.39 is 0 Å². The Labute approximate surface area is 126 Å². The quantitative estimate of drug-likeness (QED) is 0.851. The predicted octanol–water partition coefficient (Wildman–Crippen LogP) is 4.19. The van der Waals surface area contributed by atoms with Crippen molar-refractivity contribution in [2.75, 3.05) is 13.1 Å². The first-order chi connectivity index (χ1) is 10.2. The van der Waals surface area contributed by atoms with Crippen LogP contribution in [0.2, 0.25) is 0 Å². The lowest BCUT2D eigenvalue weighted by Crippen LogP contribution is -2.42. The SMILES string of the molecule is CCCC1(C(=O)c2ccc3ccccc3c2)CCNCC1. The summed E-state index contributed by atoms with van der Waals surface area (Å²) in [7, 11) is 0. The lowest BCUT2D eigenvalue weighted by Gasteiger charge is -2.36. The van der Waals surface area contributed by atoms with Gasteiger partial charge in [-0.25, -0.2) is 0 Å². The van der Waals surface area contributed by atoms with Crippen molar-refractivity contribution in [3.8, 4) is 0 Å². The number of carbonyl (C=O) groups is 1. The first kappa shape index (κ1) is 14.3. The second-order valence-electron chi connectivity index (χ2n) is 6.17. The fourth-order valence-corrected chi connectivity index (χ4v) is 3.61. The van der Waals surface area contributed by atoms with Gasteiger partial charge in [0, 0.05) is 11.0 Å². The number of benzene rings is 2. The van der Waals surface area contributed by atoms with Crippen molar-refractivity contribution in [2.24, 2.45) is 5.41 Å². The Bertz CT molecular complexity index is 635. The normalized spacial score (nSPS) is 17.8. The number of Topliss-reactive ketones (excluding diaryl/α,β-unsaturated/α-hetero) is 1. The fourth-order valence-electron chi connectivity index (χ4n) is 3.61. The van der Waals surface area contributed by atoms with E-state index >= 15 is 0 Å². The third-order valence-corrected chi connectivity index (χ3v) is 4.78. The van der Waals surface area contributed by atoms with Gasteiger partial charge >= 0.3 is 0 Å². The van der Waals surface area contributed by atoms with Gasteiger partial charge in [0.05, 0.1) is 0 Å². The van der Waals surface area contributed by atoms with E-state index in [0.717, 1.165) is 49.7 Å². The molecule has 0 amide bonds.